The molecule has 2 heteroatoms. The van der Waals surface area contributed by atoms with Gasteiger partial charge in [0.2, 0.25) is 5.79 Å². The van der Waals surface area contributed by atoms with Gasteiger partial charge < -0.3 is 9.47 Å². The van der Waals surface area contributed by atoms with E-state index in [1.807, 2.05) is 32.1 Å². The third kappa shape index (κ3) is 0.762. The maximum absolute atomic E-state index is 5.45. The molecule has 0 radical (unpaired) electrons. The summed E-state index contributed by atoms with van der Waals surface area (Å²) >= 11 is 0. The molecule has 0 bridgehead atoms. The number of allylic oxidation sites excluding steroid dienone is 3. The molecule has 0 aromatic carbocycles. The molecule has 0 aliphatic carbocycles. The molecule has 0 aromatic rings. The minimum Gasteiger partial charge on any atom is -0.464 e. The Labute approximate surface area is 60.1 Å². The van der Waals surface area contributed by atoms with Crippen molar-refractivity contribution in [2.45, 2.75) is 25.7 Å². The third-order valence-electron chi connectivity index (χ3n) is 1.80. The molecule has 54 valence electrons. The Morgan fingerprint density at radius 2 is 2.40 bits per heavy atom. The molecule has 0 aromatic heterocycles. The fourth-order valence-corrected chi connectivity index (χ4v) is 1.16. The number of epoxide rings is 1. The zero-order chi connectivity index (χ0) is 7.19. The van der Waals surface area contributed by atoms with Crippen molar-refractivity contribution in [3.05, 3.63) is 24.0 Å². The molecule has 0 N–H and O–H groups in total. The summed E-state index contributed by atoms with van der Waals surface area (Å²) in [4.78, 5) is 0. The monoisotopic (exact) mass is 138 g/mol. The van der Waals surface area contributed by atoms with Gasteiger partial charge in [-0.05, 0) is 19.1 Å². The molecule has 2 aliphatic heterocycles. The van der Waals surface area contributed by atoms with Crippen LogP contribution >= 0.6 is 0 Å². The minimum atomic E-state index is -0.354. The number of ether oxygens (including phenoxy) is 2. The molecule has 0 saturated carbocycles. The van der Waals surface area contributed by atoms with Crippen LogP contribution in [-0.4, -0.2) is 11.9 Å². The minimum absolute atomic E-state index is 0.168. The first-order valence-electron chi connectivity index (χ1n) is 3.43. The normalized spacial score (nSPS) is 43.0. The van der Waals surface area contributed by atoms with Crippen LogP contribution in [0.4, 0.5) is 0 Å². The van der Waals surface area contributed by atoms with Gasteiger partial charge in [-0.15, -0.1) is 0 Å². The number of hydrogen-bond acceptors (Lipinski definition) is 2. The molecule has 0 spiro atoms. The average Bonchev–Trinajstić information content (AvgIpc) is 2.40. The van der Waals surface area contributed by atoms with Crippen LogP contribution in [-0.2, 0) is 9.47 Å². The number of rotatable bonds is 0. The standard InChI is InChI=1S/C8H10O2/c1-6-4-3-5-7-8(2,9-6)10-7/h3-5,7H,1-2H3. The van der Waals surface area contributed by atoms with E-state index < -0.39 is 0 Å². The second kappa shape index (κ2) is 1.64. The Morgan fingerprint density at radius 1 is 1.60 bits per heavy atom. The lowest BCUT2D eigenvalue weighted by molar-refractivity contribution is 0.0179. The Balaban J connectivity index is 2.23. The van der Waals surface area contributed by atoms with E-state index in [9.17, 15) is 0 Å². The number of fused-ring (bicyclic) bond motifs is 1. The van der Waals surface area contributed by atoms with E-state index in [2.05, 4.69) is 0 Å². The van der Waals surface area contributed by atoms with E-state index in [-0.39, 0.29) is 11.9 Å². The smallest absolute Gasteiger partial charge is 0.238 e. The molecule has 2 heterocycles. The summed E-state index contributed by atoms with van der Waals surface area (Å²) in [6, 6.07) is 0. The third-order valence-corrected chi connectivity index (χ3v) is 1.80. The van der Waals surface area contributed by atoms with Crippen molar-refractivity contribution in [3.63, 3.8) is 0 Å². The molecule has 2 unspecified atom stereocenters. The van der Waals surface area contributed by atoms with Crippen LogP contribution in [0.25, 0.3) is 0 Å². The quantitative estimate of drug-likeness (QED) is 0.474. The van der Waals surface area contributed by atoms with Crippen molar-refractivity contribution in [1.82, 2.24) is 0 Å². The van der Waals surface area contributed by atoms with Gasteiger partial charge in [-0.3, -0.25) is 0 Å². The maximum atomic E-state index is 5.45. The molecule has 2 rings (SSSR count). The Bertz CT molecular complexity index is 217. The first-order valence-corrected chi connectivity index (χ1v) is 3.43. The molecular formula is C8H10O2. The molecule has 2 aliphatic rings. The summed E-state index contributed by atoms with van der Waals surface area (Å²) < 4.78 is 10.7. The van der Waals surface area contributed by atoms with Crippen LogP contribution < -0.4 is 0 Å². The van der Waals surface area contributed by atoms with Crippen LogP contribution in [0.15, 0.2) is 24.0 Å². The molecule has 2 nitrogen and oxygen atoms in total. The van der Waals surface area contributed by atoms with Crippen molar-refractivity contribution < 1.29 is 9.47 Å². The predicted molar refractivity (Wildman–Crippen MR) is 37.3 cm³/mol. The van der Waals surface area contributed by atoms with Gasteiger partial charge in [0.15, 0.2) is 0 Å². The maximum Gasteiger partial charge on any atom is 0.238 e. The lowest BCUT2D eigenvalue weighted by Gasteiger charge is -2.07. The predicted octanol–water partition coefficient (Wildman–Crippen LogP) is 1.59. The molecule has 10 heavy (non-hydrogen) atoms. The first kappa shape index (κ1) is 5.98. The summed E-state index contributed by atoms with van der Waals surface area (Å²) in [6.45, 7) is 3.88. The molecular weight excluding hydrogens is 128 g/mol. The highest BCUT2D eigenvalue weighted by molar-refractivity contribution is 5.18. The second-order valence-electron chi connectivity index (χ2n) is 2.82. The van der Waals surface area contributed by atoms with Crippen LogP contribution in [0.5, 0.6) is 0 Å². The van der Waals surface area contributed by atoms with Gasteiger partial charge in [-0.25, -0.2) is 0 Å². The highest BCUT2D eigenvalue weighted by Gasteiger charge is 2.54. The van der Waals surface area contributed by atoms with Crippen LogP contribution in [0.1, 0.15) is 13.8 Å². The van der Waals surface area contributed by atoms with Crippen LogP contribution in [0.3, 0.4) is 0 Å². The zero-order valence-electron chi connectivity index (χ0n) is 6.13. The van der Waals surface area contributed by atoms with E-state index in [0.29, 0.717) is 0 Å². The highest BCUT2D eigenvalue weighted by atomic mass is 16.8. The van der Waals surface area contributed by atoms with Crippen molar-refractivity contribution in [2.75, 3.05) is 0 Å². The first-order chi connectivity index (χ1) is 4.71. The summed E-state index contributed by atoms with van der Waals surface area (Å²) in [5, 5.41) is 0. The zero-order valence-corrected chi connectivity index (χ0v) is 6.13. The summed E-state index contributed by atoms with van der Waals surface area (Å²) in [7, 11) is 0. The topological polar surface area (TPSA) is 21.8 Å². The van der Waals surface area contributed by atoms with E-state index >= 15 is 0 Å². The van der Waals surface area contributed by atoms with Crippen molar-refractivity contribution in [2.24, 2.45) is 0 Å². The van der Waals surface area contributed by atoms with Crippen LogP contribution in [0, 0.1) is 0 Å². The Hall–Kier alpha value is -0.760. The van der Waals surface area contributed by atoms with Gasteiger partial charge in [0.1, 0.15) is 6.10 Å². The van der Waals surface area contributed by atoms with Crippen molar-refractivity contribution in [1.29, 1.82) is 0 Å². The molecule has 1 saturated heterocycles. The SMILES string of the molecule is CC1=CC=CC2OC2(C)O1. The van der Waals surface area contributed by atoms with E-state index in [1.165, 1.54) is 0 Å². The average molecular weight is 138 g/mol. The molecule has 0 amide bonds. The fourth-order valence-electron chi connectivity index (χ4n) is 1.16. The van der Waals surface area contributed by atoms with Gasteiger partial charge in [0, 0.05) is 6.92 Å². The number of hydrogen-bond donors (Lipinski definition) is 0. The van der Waals surface area contributed by atoms with Gasteiger partial charge >= 0.3 is 0 Å². The lowest BCUT2D eigenvalue weighted by Crippen LogP contribution is -2.11. The van der Waals surface area contributed by atoms with Crippen LogP contribution in [0.2, 0.25) is 0 Å². The molecule has 2 atom stereocenters. The lowest BCUT2D eigenvalue weighted by atomic mass is 10.3. The van der Waals surface area contributed by atoms with E-state index in [0.717, 1.165) is 5.76 Å². The summed E-state index contributed by atoms with van der Waals surface area (Å²) in [5.74, 6) is 0.562. The van der Waals surface area contributed by atoms with Gasteiger partial charge in [-0.1, -0.05) is 6.08 Å². The highest BCUT2D eigenvalue weighted by Crippen LogP contribution is 2.41. The fraction of sp³-hybridized carbons (Fsp3) is 0.500. The molecule has 1 fully saturated rings. The van der Waals surface area contributed by atoms with Crippen molar-refractivity contribution in [3.8, 4) is 0 Å². The summed E-state index contributed by atoms with van der Waals surface area (Å²) in [6.07, 6.45) is 6.09. The van der Waals surface area contributed by atoms with Gasteiger partial charge in [-0.2, -0.15) is 0 Å². The largest absolute Gasteiger partial charge is 0.464 e. The van der Waals surface area contributed by atoms with E-state index in [4.69, 9.17) is 9.47 Å². The van der Waals surface area contributed by atoms with Crippen molar-refractivity contribution >= 4 is 0 Å². The summed E-state index contributed by atoms with van der Waals surface area (Å²) in [5.41, 5.74) is 0. The van der Waals surface area contributed by atoms with Gasteiger partial charge in [0.05, 0.1) is 5.76 Å². The Kier molecular flexibility index (Phi) is 0.980. The van der Waals surface area contributed by atoms with Gasteiger partial charge in [0.25, 0.3) is 0 Å². The second-order valence-corrected chi connectivity index (χ2v) is 2.82. The Morgan fingerprint density at radius 3 is 3.20 bits per heavy atom. The van der Waals surface area contributed by atoms with E-state index in [1.54, 1.807) is 0 Å².